The second-order valence-electron chi connectivity index (χ2n) is 3.43. The van der Waals surface area contributed by atoms with E-state index in [4.69, 9.17) is 28.3 Å². The molecule has 0 atom stereocenters. The number of hydrogen-bond donors (Lipinski definition) is 2. The first-order valence-electron chi connectivity index (χ1n) is 4.77. The van der Waals surface area contributed by atoms with E-state index in [1.807, 2.05) is 0 Å². The van der Waals surface area contributed by atoms with Gasteiger partial charge in [-0.2, -0.15) is 5.10 Å². The maximum atomic E-state index is 11.2. The first-order valence-corrected chi connectivity index (χ1v) is 5.53. The Hall–Kier alpha value is -1.85. The van der Waals surface area contributed by atoms with Crippen molar-refractivity contribution in [1.29, 1.82) is 0 Å². The fourth-order valence-corrected chi connectivity index (χ4v) is 1.91. The lowest BCUT2D eigenvalue weighted by Gasteiger charge is -2.04. The van der Waals surface area contributed by atoms with Crippen LogP contribution >= 0.6 is 23.2 Å². The summed E-state index contributed by atoms with van der Waals surface area (Å²) in [6.07, 6.45) is 0. The van der Waals surface area contributed by atoms with Crippen LogP contribution < -0.4 is 5.56 Å². The van der Waals surface area contributed by atoms with Crippen LogP contribution in [0.5, 0.6) is 0 Å². The molecule has 7 heteroatoms. The van der Waals surface area contributed by atoms with Gasteiger partial charge in [0.25, 0.3) is 5.56 Å². The van der Waals surface area contributed by atoms with Crippen LogP contribution in [0.25, 0.3) is 11.3 Å². The molecule has 1 aromatic heterocycles. The lowest BCUT2D eigenvalue weighted by molar-refractivity contribution is 0.0694. The number of halogens is 2. The molecule has 0 aliphatic rings. The fraction of sp³-hybridized carbons (Fsp3) is 0. The normalized spacial score (nSPS) is 10.3. The number of nitrogens with one attached hydrogen (secondary N) is 1. The number of rotatable bonds is 2. The van der Waals surface area contributed by atoms with Crippen LogP contribution in [0, 0.1) is 0 Å². The molecule has 0 saturated carbocycles. The van der Waals surface area contributed by atoms with Gasteiger partial charge in [0.15, 0.2) is 0 Å². The van der Waals surface area contributed by atoms with Crippen LogP contribution in [0.15, 0.2) is 29.1 Å². The Morgan fingerprint density at radius 1 is 1.28 bits per heavy atom. The molecule has 0 spiro atoms. The Balaban J connectivity index is 2.61. The Morgan fingerprint density at radius 2 is 2.00 bits per heavy atom. The molecule has 1 aromatic carbocycles. The first-order chi connectivity index (χ1) is 8.49. The standard InChI is InChI=1S/C11H6Cl2N2O3/c12-5-1-2-6(8(13)3-5)9-4-7(11(17)18)10(16)15-14-9/h1-4H,(H,15,16)(H,17,18). The number of aromatic nitrogens is 2. The summed E-state index contributed by atoms with van der Waals surface area (Å²) in [6.45, 7) is 0. The van der Waals surface area contributed by atoms with Crippen LogP contribution in [-0.2, 0) is 0 Å². The summed E-state index contributed by atoms with van der Waals surface area (Å²) in [7, 11) is 0. The molecule has 0 unspecified atom stereocenters. The molecule has 0 fully saturated rings. The molecular formula is C11H6Cl2N2O3. The average Bonchev–Trinajstić information content (AvgIpc) is 2.30. The van der Waals surface area contributed by atoms with Crippen LogP contribution in [0.3, 0.4) is 0 Å². The summed E-state index contributed by atoms with van der Waals surface area (Å²) < 4.78 is 0. The molecule has 18 heavy (non-hydrogen) atoms. The number of hydrogen-bond acceptors (Lipinski definition) is 3. The second kappa shape index (κ2) is 4.80. The fourth-order valence-electron chi connectivity index (χ4n) is 1.40. The molecule has 0 saturated heterocycles. The molecule has 1 heterocycles. The zero-order valence-electron chi connectivity index (χ0n) is 8.78. The van der Waals surface area contributed by atoms with Crippen LogP contribution in [-0.4, -0.2) is 21.3 Å². The molecule has 2 N–H and O–H groups in total. The number of carboxylic acid groups (broad SMARTS) is 1. The third-order valence-electron chi connectivity index (χ3n) is 2.24. The van der Waals surface area contributed by atoms with Crippen molar-refractivity contribution in [2.45, 2.75) is 0 Å². The maximum absolute atomic E-state index is 11.2. The van der Waals surface area contributed by atoms with E-state index in [2.05, 4.69) is 10.2 Å². The van der Waals surface area contributed by atoms with Crippen LogP contribution in [0.1, 0.15) is 10.4 Å². The minimum Gasteiger partial charge on any atom is -0.477 e. The van der Waals surface area contributed by atoms with Crippen LogP contribution in [0.4, 0.5) is 0 Å². The molecule has 0 radical (unpaired) electrons. The number of H-pyrrole nitrogens is 1. The minimum absolute atomic E-state index is 0.258. The van der Waals surface area contributed by atoms with E-state index >= 15 is 0 Å². The van der Waals surface area contributed by atoms with E-state index < -0.39 is 17.1 Å². The SMILES string of the molecule is O=C(O)c1cc(-c2ccc(Cl)cc2Cl)n[nH]c1=O. The number of aromatic carboxylic acids is 1. The molecule has 0 aliphatic carbocycles. The van der Waals surface area contributed by atoms with E-state index in [0.717, 1.165) is 6.07 Å². The lowest BCUT2D eigenvalue weighted by atomic mass is 10.1. The molecule has 0 bridgehead atoms. The van der Waals surface area contributed by atoms with Crippen molar-refractivity contribution in [3.63, 3.8) is 0 Å². The third-order valence-corrected chi connectivity index (χ3v) is 2.79. The van der Waals surface area contributed by atoms with E-state index in [-0.39, 0.29) is 5.69 Å². The highest BCUT2D eigenvalue weighted by Crippen LogP contribution is 2.28. The van der Waals surface area contributed by atoms with Gasteiger partial charge in [-0.1, -0.05) is 23.2 Å². The summed E-state index contributed by atoms with van der Waals surface area (Å²) in [6, 6.07) is 5.86. The highest BCUT2D eigenvalue weighted by atomic mass is 35.5. The molecular weight excluding hydrogens is 279 g/mol. The van der Waals surface area contributed by atoms with Crippen molar-refractivity contribution in [2.24, 2.45) is 0 Å². The zero-order valence-corrected chi connectivity index (χ0v) is 10.3. The quantitative estimate of drug-likeness (QED) is 0.887. The van der Waals surface area contributed by atoms with Gasteiger partial charge in [-0.25, -0.2) is 9.89 Å². The Morgan fingerprint density at radius 3 is 2.61 bits per heavy atom. The number of carboxylic acids is 1. The summed E-state index contributed by atoms with van der Waals surface area (Å²) >= 11 is 11.7. The molecule has 2 rings (SSSR count). The number of aromatic amines is 1. The molecule has 2 aromatic rings. The predicted octanol–water partition coefficient (Wildman–Crippen LogP) is 2.44. The lowest BCUT2D eigenvalue weighted by Crippen LogP contribution is -2.18. The average molecular weight is 285 g/mol. The largest absolute Gasteiger partial charge is 0.477 e. The van der Waals surface area contributed by atoms with Crippen molar-refractivity contribution >= 4 is 29.2 Å². The zero-order chi connectivity index (χ0) is 13.3. The molecule has 0 amide bonds. The number of benzene rings is 1. The van der Waals surface area contributed by atoms with E-state index in [0.29, 0.717) is 15.6 Å². The van der Waals surface area contributed by atoms with E-state index in [1.54, 1.807) is 12.1 Å². The highest BCUT2D eigenvalue weighted by Gasteiger charge is 2.13. The maximum Gasteiger partial charge on any atom is 0.341 e. The number of carbonyl (C=O) groups is 1. The van der Waals surface area contributed by atoms with Gasteiger partial charge in [0.05, 0.1) is 10.7 Å². The summed E-state index contributed by atoms with van der Waals surface area (Å²) in [5.74, 6) is -1.33. The topological polar surface area (TPSA) is 83.0 Å². The van der Waals surface area contributed by atoms with Gasteiger partial charge in [-0.05, 0) is 24.3 Å². The summed E-state index contributed by atoms with van der Waals surface area (Å²) in [5.41, 5.74) is -0.421. The van der Waals surface area contributed by atoms with Crippen molar-refractivity contribution in [2.75, 3.05) is 0 Å². The van der Waals surface area contributed by atoms with Gasteiger partial charge < -0.3 is 5.11 Å². The minimum atomic E-state index is -1.33. The smallest absolute Gasteiger partial charge is 0.341 e. The van der Waals surface area contributed by atoms with Gasteiger partial charge in [0.2, 0.25) is 0 Å². The van der Waals surface area contributed by atoms with E-state index in [9.17, 15) is 9.59 Å². The predicted molar refractivity (Wildman–Crippen MR) is 67.3 cm³/mol. The van der Waals surface area contributed by atoms with Gasteiger partial charge in [0.1, 0.15) is 5.56 Å². The number of nitrogens with zero attached hydrogens (tertiary/aromatic N) is 1. The van der Waals surface area contributed by atoms with Gasteiger partial charge in [-0.15, -0.1) is 0 Å². The van der Waals surface area contributed by atoms with Crippen molar-refractivity contribution in [3.8, 4) is 11.3 Å². The Bertz CT molecular complexity index is 682. The van der Waals surface area contributed by atoms with Gasteiger partial charge in [0, 0.05) is 10.6 Å². The van der Waals surface area contributed by atoms with Crippen molar-refractivity contribution in [1.82, 2.24) is 10.2 Å². The van der Waals surface area contributed by atoms with Crippen LogP contribution in [0.2, 0.25) is 10.0 Å². The molecule has 5 nitrogen and oxygen atoms in total. The summed E-state index contributed by atoms with van der Waals surface area (Å²) in [5, 5.41) is 15.5. The molecule has 92 valence electrons. The second-order valence-corrected chi connectivity index (χ2v) is 4.27. The van der Waals surface area contributed by atoms with Gasteiger partial charge in [-0.3, -0.25) is 4.79 Å². The Labute approximate surface area is 111 Å². The van der Waals surface area contributed by atoms with Crippen molar-refractivity contribution < 1.29 is 9.90 Å². The highest BCUT2D eigenvalue weighted by molar-refractivity contribution is 6.36. The first kappa shape index (κ1) is 12.6. The monoisotopic (exact) mass is 284 g/mol. The van der Waals surface area contributed by atoms with E-state index in [1.165, 1.54) is 6.07 Å². The summed E-state index contributed by atoms with van der Waals surface area (Å²) in [4.78, 5) is 22.1. The van der Waals surface area contributed by atoms with Gasteiger partial charge >= 0.3 is 5.97 Å². The molecule has 0 aliphatic heterocycles. The third kappa shape index (κ3) is 2.37. The Kier molecular flexibility index (Phi) is 3.36. The van der Waals surface area contributed by atoms with Crippen molar-refractivity contribution in [3.05, 3.63) is 50.2 Å².